The van der Waals surface area contributed by atoms with E-state index in [1.807, 2.05) is 0 Å². The SMILES string of the molecule is CC(=O)CCc1nc(-c2cn[nH]n2)no1. The number of H-pyrrole nitrogens is 1. The minimum absolute atomic E-state index is 0.0937. The quantitative estimate of drug-likeness (QED) is 0.778. The van der Waals surface area contributed by atoms with Gasteiger partial charge < -0.3 is 9.32 Å². The van der Waals surface area contributed by atoms with Crippen LogP contribution in [0.25, 0.3) is 11.5 Å². The highest BCUT2D eigenvalue weighted by atomic mass is 16.5. The van der Waals surface area contributed by atoms with Crippen molar-refractivity contribution in [3.8, 4) is 11.5 Å². The van der Waals surface area contributed by atoms with Crippen LogP contribution in [0.2, 0.25) is 0 Å². The molecule has 0 amide bonds. The fraction of sp³-hybridized carbons (Fsp3) is 0.375. The van der Waals surface area contributed by atoms with Crippen molar-refractivity contribution in [1.82, 2.24) is 25.6 Å². The predicted octanol–water partition coefficient (Wildman–Crippen LogP) is 0.376. The van der Waals surface area contributed by atoms with Crippen molar-refractivity contribution in [2.45, 2.75) is 19.8 Å². The molecule has 7 heteroatoms. The van der Waals surface area contributed by atoms with Gasteiger partial charge in [0.05, 0.1) is 6.20 Å². The Morgan fingerprint density at radius 3 is 3.13 bits per heavy atom. The van der Waals surface area contributed by atoms with E-state index in [-0.39, 0.29) is 5.78 Å². The molecule has 2 aromatic heterocycles. The molecule has 0 radical (unpaired) electrons. The van der Waals surface area contributed by atoms with E-state index in [1.54, 1.807) is 0 Å². The van der Waals surface area contributed by atoms with Crippen LogP contribution in [0.3, 0.4) is 0 Å². The van der Waals surface area contributed by atoms with Crippen LogP contribution in [0.1, 0.15) is 19.2 Å². The van der Waals surface area contributed by atoms with Crippen LogP contribution in [0.15, 0.2) is 10.7 Å². The van der Waals surface area contributed by atoms with Crippen LogP contribution in [-0.4, -0.2) is 31.3 Å². The minimum Gasteiger partial charge on any atom is -0.339 e. The van der Waals surface area contributed by atoms with Crippen molar-refractivity contribution in [1.29, 1.82) is 0 Å². The lowest BCUT2D eigenvalue weighted by Gasteiger charge is -1.87. The first-order valence-corrected chi connectivity index (χ1v) is 4.44. The number of hydrogen-bond donors (Lipinski definition) is 1. The number of carbonyl (C=O) groups is 1. The van der Waals surface area contributed by atoms with Crippen LogP contribution >= 0.6 is 0 Å². The van der Waals surface area contributed by atoms with Gasteiger partial charge in [-0.25, -0.2) is 0 Å². The van der Waals surface area contributed by atoms with Gasteiger partial charge in [-0.15, -0.1) is 0 Å². The highest BCUT2D eigenvalue weighted by Crippen LogP contribution is 2.11. The first-order chi connectivity index (χ1) is 7.25. The Balaban J connectivity index is 2.08. The molecule has 1 N–H and O–H groups in total. The lowest BCUT2D eigenvalue weighted by atomic mass is 10.2. The van der Waals surface area contributed by atoms with Crippen molar-refractivity contribution < 1.29 is 9.32 Å². The summed E-state index contributed by atoms with van der Waals surface area (Å²) in [6.07, 6.45) is 2.36. The molecule has 7 nitrogen and oxygen atoms in total. The summed E-state index contributed by atoms with van der Waals surface area (Å²) in [5.41, 5.74) is 0.521. The van der Waals surface area contributed by atoms with Gasteiger partial charge in [-0.2, -0.15) is 20.4 Å². The molecule has 0 saturated heterocycles. The topological polar surface area (TPSA) is 97.6 Å². The van der Waals surface area contributed by atoms with Crippen LogP contribution in [0, 0.1) is 0 Å². The third-order valence-corrected chi connectivity index (χ3v) is 1.80. The maximum Gasteiger partial charge on any atom is 0.227 e. The summed E-state index contributed by atoms with van der Waals surface area (Å²) in [6, 6.07) is 0. The first kappa shape index (κ1) is 9.50. The molecule has 2 aromatic rings. The molecule has 0 spiro atoms. The molecule has 0 aliphatic heterocycles. The highest BCUT2D eigenvalue weighted by Gasteiger charge is 2.10. The van der Waals surface area contributed by atoms with Gasteiger partial charge in [0.15, 0.2) is 5.69 Å². The Kier molecular flexibility index (Phi) is 2.53. The molecule has 0 atom stereocenters. The standard InChI is InChI=1S/C8H9N5O2/c1-5(14)2-3-7-10-8(12-15-7)6-4-9-13-11-6/h4H,2-3H2,1H3,(H,9,11,13). The second-order valence-corrected chi connectivity index (χ2v) is 3.07. The van der Waals surface area contributed by atoms with Gasteiger partial charge in [-0.05, 0) is 6.92 Å². The second-order valence-electron chi connectivity index (χ2n) is 3.07. The zero-order valence-corrected chi connectivity index (χ0v) is 8.10. The van der Waals surface area contributed by atoms with Gasteiger partial charge in [-0.3, -0.25) is 0 Å². The molecular weight excluding hydrogens is 198 g/mol. The molecule has 2 rings (SSSR count). The van der Waals surface area contributed by atoms with E-state index in [1.165, 1.54) is 13.1 Å². The van der Waals surface area contributed by atoms with Gasteiger partial charge in [0.25, 0.3) is 0 Å². The van der Waals surface area contributed by atoms with Crippen molar-refractivity contribution >= 4 is 5.78 Å². The number of nitrogens with zero attached hydrogens (tertiary/aromatic N) is 4. The summed E-state index contributed by atoms with van der Waals surface area (Å²) >= 11 is 0. The molecule has 0 saturated carbocycles. The number of ketones is 1. The summed E-state index contributed by atoms with van der Waals surface area (Å²) in [4.78, 5) is 14.8. The molecule has 0 aromatic carbocycles. The van der Waals surface area contributed by atoms with E-state index in [0.717, 1.165) is 0 Å². The molecule has 0 bridgehead atoms. The van der Waals surface area contributed by atoms with E-state index < -0.39 is 0 Å². The average molecular weight is 207 g/mol. The summed E-state index contributed by atoms with van der Waals surface area (Å²) in [5, 5.41) is 13.6. The Hall–Kier alpha value is -2.05. The number of nitrogens with one attached hydrogen (secondary N) is 1. The lowest BCUT2D eigenvalue weighted by Crippen LogP contribution is -1.94. The molecule has 15 heavy (non-hydrogen) atoms. The Morgan fingerprint density at radius 1 is 1.60 bits per heavy atom. The molecule has 0 fully saturated rings. The van der Waals surface area contributed by atoms with Gasteiger partial charge >= 0.3 is 0 Å². The van der Waals surface area contributed by atoms with E-state index in [0.29, 0.717) is 30.3 Å². The number of rotatable bonds is 4. The van der Waals surface area contributed by atoms with Crippen LogP contribution in [0.5, 0.6) is 0 Å². The maximum absolute atomic E-state index is 10.7. The van der Waals surface area contributed by atoms with Crippen molar-refractivity contribution in [2.75, 3.05) is 0 Å². The Labute approximate surface area is 84.9 Å². The smallest absolute Gasteiger partial charge is 0.227 e. The van der Waals surface area contributed by atoms with E-state index in [9.17, 15) is 4.79 Å². The Bertz CT molecular complexity index is 447. The second kappa shape index (κ2) is 3.99. The van der Waals surface area contributed by atoms with Crippen LogP contribution in [-0.2, 0) is 11.2 Å². The molecule has 0 aliphatic carbocycles. The average Bonchev–Trinajstić information content (AvgIpc) is 2.85. The number of carbonyl (C=O) groups excluding carboxylic acids is 1. The summed E-state index contributed by atoms with van der Waals surface area (Å²) in [6.45, 7) is 1.52. The lowest BCUT2D eigenvalue weighted by molar-refractivity contribution is -0.117. The van der Waals surface area contributed by atoms with E-state index >= 15 is 0 Å². The van der Waals surface area contributed by atoms with Crippen molar-refractivity contribution in [3.05, 3.63) is 12.1 Å². The maximum atomic E-state index is 10.7. The highest BCUT2D eigenvalue weighted by molar-refractivity contribution is 5.75. The number of aromatic amines is 1. The molecule has 0 unspecified atom stereocenters. The number of Topliss-reactive ketones (excluding diaryl/α,β-unsaturated/α-hetero) is 1. The molecule has 0 aliphatic rings. The minimum atomic E-state index is 0.0937. The van der Waals surface area contributed by atoms with E-state index in [2.05, 4.69) is 25.6 Å². The fourth-order valence-corrected chi connectivity index (χ4v) is 1.05. The Morgan fingerprint density at radius 2 is 2.47 bits per heavy atom. The molecule has 78 valence electrons. The predicted molar refractivity (Wildman–Crippen MR) is 48.7 cm³/mol. The fourth-order valence-electron chi connectivity index (χ4n) is 1.05. The van der Waals surface area contributed by atoms with Gasteiger partial charge in [0.1, 0.15) is 5.78 Å². The summed E-state index contributed by atoms with van der Waals surface area (Å²) < 4.78 is 4.94. The van der Waals surface area contributed by atoms with Crippen molar-refractivity contribution in [3.63, 3.8) is 0 Å². The number of aryl methyl sites for hydroxylation is 1. The van der Waals surface area contributed by atoms with Crippen molar-refractivity contribution in [2.24, 2.45) is 0 Å². The largest absolute Gasteiger partial charge is 0.339 e. The zero-order valence-electron chi connectivity index (χ0n) is 8.10. The van der Waals surface area contributed by atoms with Crippen LogP contribution < -0.4 is 0 Å². The van der Waals surface area contributed by atoms with Crippen LogP contribution in [0.4, 0.5) is 0 Å². The first-order valence-electron chi connectivity index (χ1n) is 4.44. The molecule has 2 heterocycles. The third kappa shape index (κ3) is 2.25. The normalized spacial score (nSPS) is 10.5. The molecular formula is C8H9N5O2. The zero-order chi connectivity index (χ0) is 10.7. The van der Waals surface area contributed by atoms with E-state index in [4.69, 9.17) is 4.52 Å². The number of aromatic nitrogens is 5. The summed E-state index contributed by atoms with van der Waals surface area (Å²) in [5.74, 6) is 0.904. The van der Waals surface area contributed by atoms with Gasteiger partial charge in [-0.1, -0.05) is 5.16 Å². The number of hydrogen-bond acceptors (Lipinski definition) is 6. The van der Waals surface area contributed by atoms with Gasteiger partial charge in [0, 0.05) is 12.8 Å². The summed E-state index contributed by atoms with van der Waals surface area (Å²) in [7, 11) is 0. The third-order valence-electron chi connectivity index (χ3n) is 1.80. The monoisotopic (exact) mass is 207 g/mol. The van der Waals surface area contributed by atoms with Gasteiger partial charge in [0.2, 0.25) is 11.7 Å².